The van der Waals surface area contributed by atoms with E-state index in [1.807, 2.05) is 18.2 Å². The van der Waals surface area contributed by atoms with Crippen LogP contribution in [0.5, 0.6) is 0 Å². The van der Waals surface area contributed by atoms with Gasteiger partial charge < -0.3 is 4.90 Å². The minimum atomic E-state index is -0.941. The van der Waals surface area contributed by atoms with E-state index in [4.69, 9.17) is 11.6 Å². The largest absolute Gasteiger partial charge is 0.335 e. The zero-order valence-corrected chi connectivity index (χ0v) is 14.9. The number of hydrogen-bond acceptors (Lipinski definition) is 2. The third-order valence-corrected chi connectivity index (χ3v) is 4.54. The molecular weight excluding hydrogens is 360 g/mol. The number of benzene rings is 1. The van der Waals surface area contributed by atoms with Crippen molar-refractivity contribution in [2.75, 3.05) is 7.05 Å². The lowest BCUT2D eigenvalue weighted by atomic mass is 10.1. The normalized spacial score (nSPS) is 12.7. The molecule has 1 amide bonds. The van der Waals surface area contributed by atoms with Crippen LogP contribution in [0.25, 0.3) is 11.7 Å². The highest BCUT2D eigenvalue weighted by Crippen LogP contribution is 2.22. The number of nitrogens with zero attached hydrogens (tertiary/aromatic N) is 3. The molecule has 134 valence electrons. The van der Waals surface area contributed by atoms with Crippen molar-refractivity contribution < 1.29 is 13.6 Å². The van der Waals surface area contributed by atoms with Crippen LogP contribution in [-0.2, 0) is 4.79 Å². The predicted octanol–water partition coefficient (Wildman–Crippen LogP) is 4.50. The molecule has 0 fully saturated rings. The van der Waals surface area contributed by atoms with E-state index in [9.17, 15) is 13.6 Å². The highest BCUT2D eigenvalue weighted by atomic mass is 35.5. The minimum Gasteiger partial charge on any atom is -0.335 e. The SMILES string of the molecule is CC(c1ccc(F)c(F)c1)N(C)C(=O)/C=C/c1c(Cl)nc2ccccn12. The van der Waals surface area contributed by atoms with Gasteiger partial charge in [0.05, 0.1) is 11.7 Å². The lowest BCUT2D eigenvalue weighted by Gasteiger charge is -2.24. The van der Waals surface area contributed by atoms with Crippen molar-refractivity contribution in [1.82, 2.24) is 14.3 Å². The van der Waals surface area contributed by atoms with E-state index >= 15 is 0 Å². The molecule has 26 heavy (non-hydrogen) atoms. The third-order valence-electron chi connectivity index (χ3n) is 4.26. The molecule has 2 aromatic heterocycles. The van der Waals surface area contributed by atoms with Gasteiger partial charge >= 0.3 is 0 Å². The van der Waals surface area contributed by atoms with E-state index in [2.05, 4.69) is 4.98 Å². The number of pyridine rings is 1. The van der Waals surface area contributed by atoms with Crippen molar-refractivity contribution in [3.05, 3.63) is 76.7 Å². The Morgan fingerprint density at radius 2 is 2.04 bits per heavy atom. The zero-order chi connectivity index (χ0) is 18.8. The molecule has 0 aliphatic rings. The first-order chi connectivity index (χ1) is 12.4. The van der Waals surface area contributed by atoms with Gasteiger partial charge in [0.1, 0.15) is 5.65 Å². The average Bonchev–Trinajstić information content (AvgIpc) is 2.95. The van der Waals surface area contributed by atoms with Crippen LogP contribution >= 0.6 is 11.6 Å². The van der Waals surface area contributed by atoms with Crippen molar-refractivity contribution >= 4 is 29.2 Å². The van der Waals surface area contributed by atoms with Gasteiger partial charge in [-0.2, -0.15) is 0 Å². The van der Waals surface area contributed by atoms with Crippen LogP contribution in [0.1, 0.15) is 24.2 Å². The van der Waals surface area contributed by atoms with Crippen LogP contribution in [0.15, 0.2) is 48.7 Å². The number of fused-ring (bicyclic) bond motifs is 1. The van der Waals surface area contributed by atoms with E-state index in [0.717, 1.165) is 12.1 Å². The van der Waals surface area contributed by atoms with Gasteiger partial charge in [0, 0.05) is 19.3 Å². The van der Waals surface area contributed by atoms with E-state index in [0.29, 0.717) is 16.9 Å². The van der Waals surface area contributed by atoms with Crippen LogP contribution in [-0.4, -0.2) is 27.2 Å². The molecule has 0 aliphatic heterocycles. The quantitative estimate of drug-likeness (QED) is 0.630. The number of likely N-dealkylation sites (N-methyl/N-ethyl adjacent to an activating group) is 1. The van der Waals surface area contributed by atoms with Crippen LogP contribution in [0.4, 0.5) is 8.78 Å². The summed E-state index contributed by atoms with van der Waals surface area (Å²) in [6.45, 7) is 1.74. The average molecular weight is 376 g/mol. The van der Waals surface area contributed by atoms with Crippen molar-refractivity contribution in [1.29, 1.82) is 0 Å². The molecule has 1 atom stereocenters. The molecule has 2 heterocycles. The van der Waals surface area contributed by atoms with Gasteiger partial charge in [-0.25, -0.2) is 13.8 Å². The highest BCUT2D eigenvalue weighted by Gasteiger charge is 2.17. The molecule has 1 aromatic carbocycles. The van der Waals surface area contributed by atoms with E-state index in [1.54, 1.807) is 30.6 Å². The molecule has 0 aliphatic carbocycles. The molecule has 7 heteroatoms. The van der Waals surface area contributed by atoms with Crippen molar-refractivity contribution in [2.24, 2.45) is 0 Å². The first-order valence-electron chi connectivity index (χ1n) is 7.91. The van der Waals surface area contributed by atoms with Gasteiger partial charge in [0.2, 0.25) is 5.91 Å². The minimum absolute atomic E-state index is 0.288. The van der Waals surface area contributed by atoms with Gasteiger partial charge in [0.25, 0.3) is 0 Å². The van der Waals surface area contributed by atoms with Crippen LogP contribution in [0.2, 0.25) is 5.15 Å². The Hall–Kier alpha value is -2.73. The first kappa shape index (κ1) is 18.1. The Morgan fingerprint density at radius 1 is 1.27 bits per heavy atom. The monoisotopic (exact) mass is 375 g/mol. The van der Waals surface area contributed by atoms with Crippen molar-refractivity contribution in [3.63, 3.8) is 0 Å². The molecule has 3 aromatic rings. The second kappa shape index (κ2) is 7.25. The number of carbonyl (C=O) groups excluding carboxylic acids is 1. The Kier molecular flexibility index (Phi) is 5.04. The van der Waals surface area contributed by atoms with E-state index < -0.39 is 17.7 Å². The molecule has 3 rings (SSSR count). The maximum Gasteiger partial charge on any atom is 0.246 e. The Morgan fingerprint density at radius 3 is 2.77 bits per heavy atom. The molecule has 0 saturated heterocycles. The molecule has 0 saturated carbocycles. The number of rotatable bonds is 4. The zero-order valence-electron chi connectivity index (χ0n) is 14.2. The number of aromatic nitrogens is 2. The number of carbonyl (C=O) groups is 1. The molecule has 0 radical (unpaired) electrons. The standard InChI is InChI=1S/C19H16ClF2N3O/c1-12(13-6-7-14(21)15(22)11-13)24(2)18(26)9-8-16-19(20)23-17-5-3-4-10-25(16)17/h3-12H,1-2H3/b9-8+. The summed E-state index contributed by atoms with van der Waals surface area (Å²) in [5.41, 5.74) is 1.76. The van der Waals surface area contributed by atoms with Gasteiger partial charge in [-0.3, -0.25) is 9.20 Å². The maximum absolute atomic E-state index is 13.4. The number of hydrogen-bond donors (Lipinski definition) is 0. The molecule has 0 spiro atoms. The fourth-order valence-electron chi connectivity index (χ4n) is 2.59. The van der Waals surface area contributed by atoms with Crippen LogP contribution in [0.3, 0.4) is 0 Å². The summed E-state index contributed by atoms with van der Waals surface area (Å²) in [5, 5.41) is 0.288. The predicted molar refractivity (Wildman–Crippen MR) is 96.8 cm³/mol. The Balaban J connectivity index is 1.81. The van der Waals surface area contributed by atoms with Crippen LogP contribution in [0, 0.1) is 11.6 Å². The van der Waals surface area contributed by atoms with Gasteiger partial charge in [-0.1, -0.05) is 23.7 Å². The number of amides is 1. The molecule has 1 unspecified atom stereocenters. The first-order valence-corrected chi connectivity index (χ1v) is 8.28. The number of imidazole rings is 1. The topological polar surface area (TPSA) is 37.6 Å². The fraction of sp³-hybridized carbons (Fsp3) is 0.158. The van der Waals surface area contributed by atoms with Crippen molar-refractivity contribution in [2.45, 2.75) is 13.0 Å². The maximum atomic E-state index is 13.4. The second-order valence-electron chi connectivity index (χ2n) is 5.85. The summed E-state index contributed by atoms with van der Waals surface area (Å²) in [5.74, 6) is -2.16. The molecular formula is C19H16ClF2N3O. The molecule has 0 bridgehead atoms. The summed E-state index contributed by atoms with van der Waals surface area (Å²) in [4.78, 5) is 18.1. The van der Waals surface area contributed by atoms with E-state index in [-0.39, 0.29) is 11.1 Å². The number of halogens is 3. The van der Waals surface area contributed by atoms with Gasteiger partial charge in [-0.15, -0.1) is 0 Å². The fourth-order valence-corrected chi connectivity index (χ4v) is 2.83. The second-order valence-corrected chi connectivity index (χ2v) is 6.21. The smallest absolute Gasteiger partial charge is 0.246 e. The highest BCUT2D eigenvalue weighted by molar-refractivity contribution is 6.31. The van der Waals surface area contributed by atoms with Crippen LogP contribution < -0.4 is 0 Å². The van der Waals surface area contributed by atoms with Crippen molar-refractivity contribution in [3.8, 4) is 0 Å². The lowest BCUT2D eigenvalue weighted by molar-refractivity contribution is -0.126. The summed E-state index contributed by atoms with van der Waals surface area (Å²) < 4.78 is 28.3. The van der Waals surface area contributed by atoms with E-state index in [1.165, 1.54) is 17.0 Å². The summed E-state index contributed by atoms with van der Waals surface area (Å²) in [7, 11) is 1.59. The summed E-state index contributed by atoms with van der Waals surface area (Å²) in [6, 6.07) is 8.65. The molecule has 0 N–H and O–H groups in total. The van der Waals surface area contributed by atoms with Gasteiger partial charge in [-0.05, 0) is 42.8 Å². The Labute approximate surface area is 154 Å². The summed E-state index contributed by atoms with van der Waals surface area (Å²) >= 11 is 6.14. The summed E-state index contributed by atoms with van der Waals surface area (Å²) in [6.07, 6.45) is 4.75. The lowest BCUT2D eigenvalue weighted by Crippen LogP contribution is -2.28. The Bertz CT molecular complexity index is 1000. The van der Waals surface area contributed by atoms with Gasteiger partial charge in [0.15, 0.2) is 16.8 Å². The molecule has 4 nitrogen and oxygen atoms in total. The third kappa shape index (κ3) is 3.46.